The highest BCUT2D eigenvalue weighted by molar-refractivity contribution is 7.89. The Morgan fingerprint density at radius 2 is 1.65 bits per heavy atom. The molecule has 1 aromatic heterocycles. The summed E-state index contributed by atoms with van der Waals surface area (Å²) < 4.78 is 38.4. The van der Waals surface area contributed by atoms with Crippen LogP contribution in [0.3, 0.4) is 0 Å². The minimum Gasteiger partial charge on any atom is -0.425 e. The van der Waals surface area contributed by atoms with Gasteiger partial charge in [0, 0.05) is 17.0 Å². The molecular formula is C26H23NO6S. The molecule has 0 aliphatic heterocycles. The van der Waals surface area contributed by atoms with E-state index >= 15 is 0 Å². The molecule has 0 fully saturated rings. The Morgan fingerprint density at radius 3 is 2.32 bits per heavy atom. The van der Waals surface area contributed by atoms with Crippen molar-refractivity contribution in [3.63, 3.8) is 0 Å². The molecule has 0 unspecified atom stereocenters. The van der Waals surface area contributed by atoms with Crippen LogP contribution in [0.1, 0.15) is 18.1 Å². The van der Waals surface area contributed by atoms with Crippen LogP contribution < -0.4 is 15.1 Å². The number of nitrogens with one attached hydrogen (secondary N) is 1. The van der Waals surface area contributed by atoms with Crippen LogP contribution in [-0.4, -0.2) is 20.4 Å². The Bertz CT molecular complexity index is 1520. The van der Waals surface area contributed by atoms with E-state index in [1.807, 2.05) is 37.3 Å². The molecule has 0 spiro atoms. The standard InChI is InChI=1S/C26H23NO6S/c1-16-9-11-20(12-10-16)34(30,31)27-18(3)26(29)32-23-14-13-21-22(19-7-5-4-6-8-19)15-24(28)33-25(21)17(23)2/h4-15,18,27H,1-3H3/t18-/m1/s1. The van der Waals surface area contributed by atoms with E-state index < -0.39 is 27.7 Å². The van der Waals surface area contributed by atoms with Gasteiger partial charge in [0.25, 0.3) is 0 Å². The molecule has 0 amide bonds. The van der Waals surface area contributed by atoms with Crippen molar-refractivity contribution >= 4 is 27.0 Å². The third-order valence-electron chi connectivity index (χ3n) is 5.42. The zero-order chi connectivity index (χ0) is 24.5. The molecule has 4 aromatic rings. The molecule has 1 atom stereocenters. The topological polar surface area (TPSA) is 103 Å². The Morgan fingerprint density at radius 1 is 0.971 bits per heavy atom. The molecule has 34 heavy (non-hydrogen) atoms. The van der Waals surface area contributed by atoms with Crippen LogP contribution in [0.25, 0.3) is 22.1 Å². The SMILES string of the molecule is Cc1ccc(S(=O)(=O)N[C@H](C)C(=O)Oc2ccc3c(-c4ccccc4)cc(=O)oc3c2C)cc1. The van der Waals surface area contributed by atoms with Crippen LogP contribution in [0.2, 0.25) is 0 Å². The maximum Gasteiger partial charge on any atom is 0.336 e. The molecule has 0 radical (unpaired) electrons. The van der Waals surface area contributed by atoms with Crippen LogP contribution in [0, 0.1) is 13.8 Å². The fourth-order valence-corrected chi connectivity index (χ4v) is 4.77. The highest BCUT2D eigenvalue weighted by Gasteiger charge is 2.24. The smallest absolute Gasteiger partial charge is 0.336 e. The predicted molar refractivity (Wildman–Crippen MR) is 129 cm³/mol. The van der Waals surface area contributed by atoms with Crippen LogP contribution in [0.4, 0.5) is 0 Å². The van der Waals surface area contributed by atoms with Gasteiger partial charge in [-0.2, -0.15) is 4.72 Å². The zero-order valence-corrected chi connectivity index (χ0v) is 19.7. The van der Waals surface area contributed by atoms with Crippen LogP contribution in [0.5, 0.6) is 5.75 Å². The number of carbonyl (C=O) groups excluding carboxylic acids is 1. The normalized spacial score (nSPS) is 12.4. The van der Waals surface area contributed by atoms with E-state index in [2.05, 4.69) is 4.72 Å². The van der Waals surface area contributed by atoms with Gasteiger partial charge in [0.05, 0.1) is 4.90 Å². The third-order valence-corrected chi connectivity index (χ3v) is 6.98. The molecule has 8 heteroatoms. The maximum absolute atomic E-state index is 12.7. The number of rotatable bonds is 6. The second-order valence-electron chi connectivity index (χ2n) is 7.99. The number of benzene rings is 3. The Hall–Kier alpha value is -3.75. The molecule has 4 rings (SSSR count). The minimum absolute atomic E-state index is 0.0508. The number of sulfonamides is 1. The first kappa shape index (κ1) is 23.4. The molecule has 1 N–H and O–H groups in total. The van der Waals surface area contributed by atoms with E-state index in [4.69, 9.17) is 9.15 Å². The number of hydrogen-bond donors (Lipinski definition) is 1. The van der Waals surface area contributed by atoms with Gasteiger partial charge >= 0.3 is 11.6 Å². The van der Waals surface area contributed by atoms with Gasteiger partial charge < -0.3 is 9.15 Å². The molecule has 0 saturated carbocycles. The average molecular weight is 478 g/mol. The lowest BCUT2D eigenvalue weighted by Crippen LogP contribution is -2.40. The summed E-state index contributed by atoms with van der Waals surface area (Å²) in [5.74, 6) is -0.619. The molecular weight excluding hydrogens is 454 g/mol. The van der Waals surface area contributed by atoms with Gasteiger partial charge in [-0.3, -0.25) is 0 Å². The molecule has 0 aliphatic rings. The van der Waals surface area contributed by atoms with E-state index in [0.29, 0.717) is 22.1 Å². The van der Waals surface area contributed by atoms with Crippen molar-refractivity contribution in [2.24, 2.45) is 0 Å². The third kappa shape index (κ3) is 4.78. The number of carbonyl (C=O) groups is 1. The molecule has 0 aliphatic carbocycles. The summed E-state index contributed by atoms with van der Waals surface area (Å²) in [6, 6.07) is 19.3. The van der Waals surface area contributed by atoms with E-state index in [1.54, 1.807) is 31.2 Å². The van der Waals surface area contributed by atoms with E-state index in [9.17, 15) is 18.0 Å². The van der Waals surface area contributed by atoms with Crippen molar-refractivity contribution in [3.05, 3.63) is 94.3 Å². The summed E-state index contributed by atoms with van der Waals surface area (Å²) in [6.07, 6.45) is 0. The number of fused-ring (bicyclic) bond motifs is 1. The van der Waals surface area contributed by atoms with E-state index in [-0.39, 0.29) is 10.6 Å². The van der Waals surface area contributed by atoms with Crippen molar-refractivity contribution < 1.29 is 22.4 Å². The maximum atomic E-state index is 12.7. The first-order valence-electron chi connectivity index (χ1n) is 10.6. The zero-order valence-electron chi connectivity index (χ0n) is 18.9. The van der Waals surface area contributed by atoms with E-state index in [1.165, 1.54) is 25.1 Å². The van der Waals surface area contributed by atoms with Crippen molar-refractivity contribution in [2.75, 3.05) is 0 Å². The average Bonchev–Trinajstić information content (AvgIpc) is 2.81. The monoisotopic (exact) mass is 477 g/mol. The molecule has 0 saturated heterocycles. The highest BCUT2D eigenvalue weighted by Crippen LogP contribution is 2.33. The van der Waals surface area contributed by atoms with Gasteiger partial charge in [-0.25, -0.2) is 18.0 Å². The Labute approximate surface area is 197 Å². The first-order chi connectivity index (χ1) is 16.2. The largest absolute Gasteiger partial charge is 0.425 e. The molecule has 0 bridgehead atoms. The van der Waals surface area contributed by atoms with Crippen LogP contribution in [0.15, 0.2) is 86.9 Å². The van der Waals surface area contributed by atoms with Crippen molar-refractivity contribution in [3.8, 4) is 16.9 Å². The van der Waals surface area contributed by atoms with Gasteiger partial charge in [0.1, 0.15) is 17.4 Å². The predicted octanol–water partition coefficient (Wildman–Crippen LogP) is 4.35. The summed E-state index contributed by atoms with van der Waals surface area (Å²) >= 11 is 0. The minimum atomic E-state index is -3.91. The number of aryl methyl sites for hydroxylation is 2. The Kier molecular flexibility index (Phi) is 6.37. The molecule has 7 nitrogen and oxygen atoms in total. The summed E-state index contributed by atoms with van der Waals surface area (Å²) in [4.78, 5) is 25.0. The highest BCUT2D eigenvalue weighted by atomic mass is 32.2. The van der Waals surface area contributed by atoms with Gasteiger partial charge in [0.2, 0.25) is 10.0 Å². The second-order valence-corrected chi connectivity index (χ2v) is 9.70. The second kappa shape index (κ2) is 9.24. The van der Waals surface area contributed by atoms with Crippen molar-refractivity contribution in [1.29, 1.82) is 0 Å². The van der Waals surface area contributed by atoms with Gasteiger partial charge in [-0.1, -0.05) is 48.0 Å². The fourth-order valence-electron chi connectivity index (χ4n) is 3.57. The quantitative estimate of drug-likeness (QED) is 0.252. The molecule has 1 heterocycles. The van der Waals surface area contributed by atoms with Crippen LogP contribution in [-0.2, 0) is 14.8 Å². The van der Waals surface area contributed by atoms with Crippen molar-refractivity contribution in [1.82, 2.24) is 4.72 Å². The summed E-state index contributed by atoms with van der Waals surface area (Å²) in [5.41, 5.74) is 2.69. The number of hydrogen-bond acceptors (Lipinski definition) is 6. The van der Waals surface area contributed by atoms with Crippen LogP contribution >= 0.6 is 0 Å². The fraction of sp³-hybridized carbons (Fsp3) is 0.154. The van der Waals surface area contributed by atoms with Crippen molar-refractivity contribution in [2.45, 2.75) is 31.7 Å². The lowest BCUT2D eigenvalue weighted by Gasteiger charge is -2.15. The summed E-state index contributed by atoms with van der Waals surface area (Å²) in [5, 5.41) is 0.691. The van der Waals surface area contributed by atoms with E-state index in [0.717, 1.165) is 11.1 Å². The Balaban J connectivity index is 1.61. The summed E-state index contributed by atoms with van der Waals surface area (Å²) in [7, 11) is -3.91. The first-order valence-corrected chi connectivity index (χ1v) is 12.1. The van der Waals surface area contributed by atoms with Gasteiger partial charge in [0.15, 0.2) is 0 Å². The number of esters is 1. The van der Waals surface area contributed by atoms with Gasteiger partial charge in [-0.05, 0) is 56.2 Å². The molecule has 174 valence electrons. The lowest BCUT2D eigenvalue weighted by atomic mass is 10.0. The summed E-state index contributed by atoms with van der Waals surface area (Å²) in [6.45, 7) is 4.92. The number of ether oxygens (including phenoxy) is 1. The lowest BCUT2D eigenvalue weighted by molar-refractivity contribution is -0.135. The molecule has 3 aromatic carbocycles. The van der Waals surface area contributed by atoms with Gasteiger partial charge in [-0.15, -0.1) is 0 Å².